The van der Waals surface area contributed by atoms with Crippen molar-refractivity contribution < 1.29 is 4.79 Å². The standard InChI is InChI=1S/C18H21N3O/c1-13-7-9-14(10-8-13)12-19-18(22)17-11-16(20-21-17)15-5-3-2-4-6-15/h2-10,16-17,20-21H,11-12H2,1H3,(H,19,22). The van der Waals surface area contributed by atoms with Crippen molar-refractivity contribution in [1.82, 2.24) is 16.2 Å². The lowest BCUT2D eigenvalue weighted by atomic mass is 10.0. The van der Waals surface area contributed by atoms with Crippen molar-refractivity contribution in [2.24, 2.45) is 0 Å². The van der Waals surface area contributed by atoms with Crippen LogP contribution >= 0.6 is 0 Å². The largest absolute Gasteiger partial charge is 0.351 e. The minimum atomic E-state index is -0.198. The first-order valence-electron chi connectivity index (χ1n) is 7.61. The van der Waals surface area contributed by atoms with Crippen molar-refractivity contribution >= 4 is 5.91 Å². The minimum absolute atomic E-state index is 0.0338. The molecule has 2 unspecified atom stereocenters. The number of hydrogen-bond donors (Lipinski definition) is 3. The van der Waals surface area contributed by atoms with Gasteiger partial charge in [0.1, 0.15) is 6.04 Å². The molecule has 0 saturated carbocycles. The summed E-state index contributed by atoms with van der Waals surface area (Å²) in [6, 6.07) is 18.4. The van der Waals surface area contributed by atoms with Gasteiger partial charge in [0.2, 0.25) is 5.91 Å². The number of benzene rings is 2. The Hall–Kier alpha value is -2.17. The molecule has 4 heteroatoms. The predicted molar refractivity (Wildman–Crippen MR) is 86.9 cm³/mol. The van der Waals surface area contributed by atoms with Crippen LogP contribution in [0.15, 0.2) is 54.6 Å². The van der Waals surface area contributed by atoms with Crippen LogP contribution in [-0.4, -0.2) is 11.9 Å². The fourth-order valence-electron chi connectivity index (χ4n) is 2.65. The van der Waals surface area contributed by atoms with E-state index < -0.39 is 0 Å². The average Bonchev–Trinajstić information content (AvgIpc) is 3.05. The van der Waals surface area contributed by atoms with Crippen LogP contribution in [0, 0.1) is 6.92 Å². The van der Waals surface area contributed by atoms with Gasteiger partial charge in [-0.05, 0) is 24.5 Å². The molecule has 0 aliphatic carbocycles. The van der Waals surface area contributed by atoms with Crippen LogP contribution in [-0.2, 0) is 11.3 Å². The van der Waals surface area contributed by atoms with E-state index in [2.05, 4.69) is 47.4 Å². The lowest BCUT2D eigenvalue weighted by Gasteiger charge is -2.11. The molecule has 1 saturated heterocycles. The van der Waals surface area contributed by atoms with Gasteiger partial charge in [0.15, 0.2) is 0 Å². The van der Waals surface area contributed by atoms with E-state index in [1.54, 1.807) is 0 Å². The number of aryl methyl sites for hydroxylation is 1. The Morgan fingerprint density at radius 1 is 1.09 bits per heavy atom. The second kappa shape index (κ2) is 6.73. The number of carbonyl (C=O) groups excluding carboxylic acids is 1. The van der Waals surface area contributed by atoms with E-state index >= 15 is 0 Å². The molecule has 114 valence electrons. The van der Waals surface area contributed by atoms with Gasteiger partial charge < -0.3 is 5.32 Å². The second-order valence-corrected chi connectivity index (χ2v) is 5.74. The normalized spacial score (nSPS) is 20.8. The molecule has 1 amide bonds. The molecule has 0 bridgehead atoms. The number of hydrogen-bond acceptors (Lipinski definition) is 3. The van der Waals surface area contributed by atoms with Crippen molar-refractivity contribution in [2.75, 3.05) is 0 Å². The Balaban J connectivity index is 1.52. The van der Waals surface area contributed by atoms with Gasteiger partial charge in [0, 0.05) is 12.6 Å². The molecule has 2 aromatic rings. The molecule has 0 radical (unpaired) electrons. The van der Waals surface area contributed by atoms with E-state index in [9.17, 15) is 4.79 Å². The lowest BCUT2D eigenvalue weighted by Crippen LogP contribution is -2.42. The van der Waals surface area contributed by atoms with Gasteiger partial charge in [-0.1, -0.05) is 60.2 Å². The third-order valence-electron chi connectivity index (χ3n) is 4.01. The second-order valence-electron chi connectivity index (χ2n) is 5.74. The fourth-order valence-corrected chi connectivity index (χ4v) is 2.65. The molecule has 1 aliphatic rings. The number of nitrogens with one attached hydrogen (secondary N) is 3. The van der Waals surface area contributed by atoms with Crippen LogP contribution in [0.4, 0.5) is 0 Å². The summed E-state index contributed by atoms with van der Waals surface area (Å²) in [5, 5.41) is 2.99. The van der Waals surface area contributed by atoms with Gasteiger partial charge in [-0.15, -0.1) is 0 Å². The van der Waals surface area contributed by atoms with E-state index in [0.29, 0.717) is 6.54 Å². The smallest absolute Gasteiger partial charge is 0.238 e. The molecule has 4 nitrogen and oxygen atoms in total. The zero-order chi connectivity index (χ0) is 15.4. The highest BCUT2D eigenvalue weighted by molar-refractivity contribution is 5.82. The fraction of sp³-hybridized carbons (Fsp3) is 0.278. The van der Waals surface area contributed by atoms with E-state index in [1.807, 2.05) is 30.3 Å². The molecule has 2 atom stereocenters. The van der Waals surface area contributed by atoms with Crippen LogP contribution in [0.2, 0.25) is 0 Å². The summed E-state index contributed by atoms with van der Waals surface area (Å²) in [7, 11) is 0. The van der Waals surface area contributed by atoms with Gasteiger partial charge in [0.05, 0.1) is 0 Å². The van der Waals surface area contributed by atoms with E-state index in [4.69, 9.17) is 0 Å². The summed E-state index contributed by atoms with van der Waals surface area (Å²) in [6.07, 6.45) is 0.754. The summed E-state index contributed by atoms with van der Waals surface area (Å²) in [5.74, 6) is 0.0338. The zero-order valence-corrected chi connectivity index (χ0v) is 12.7. The summed E-state index contributed by atoms with van der Waals surface area (Å²) in [4.78, 5) is 12.2. The maximum atomic E-state index is 12.2. The Kier molecular flexibility index (Phi) is 4.51. The van der Waals surface area contributed by atoms with Crippen LogP contribution in [0.3, 0.4) is 0 Å². The van der Waals surface area contributed by atoms with E-state index in [1.165, 1.54) is 11.1 Å². The molecule has 0 aromatic heterocycles. The van der Waals surface area contributed by atoms with Crippen molar-refractivity contribution in [3.05, 3.63) is 71.3 Å². The van der Waals surface area contributed by atoms with Gasteiger partial charge in [-0.25, -0.2) is 10.9 Å². The molecule has 1 fully saturated rings. The third-order valence-corrected chi connectivity index (χ3v) is 4.01. The third kappa shape index (κ3) is 3.53. The van der Waals surface area contributed by atoms with Crippen LogP contribution < -0.4 is 16.2 Å². The molecular weight excluding hydrogens is 274 g/mol. The number of amides is 1. The van der Waals surface area contributed by atoms with Crippen LogP contribution in [0.25, 0.3) is 0 Å². The Bertz CT molecular complexity index is 625. The first-order valence-corrected chi connectivity index (χ1v) is 7.61. The summed E-state index contributed by atoms with van der Waals surface area (Å²) in [6.45, 7) is 2.62. The Morgan fingerprint density at radius 3 is 2.55 bits per heavy atom. The van der Waals surface area contributed by atoms with Gasteiger partial charge >= 0.3 is 0 Å². The van der Waals surface area contributed by atoms with Crippen LogP contribution in [0.1, 0.15) is 29.2 Å². The summed E-state index contributed by atoms with van der Waals surface area (Å²) in [5.41, 5.74) is 9.82. The molecule has 0 spiro atoms. The van der Waals surface area contributed by atoms with Crippen LogP contribution in [0.5, 0.6) is 0 Å². The maximum absolute atomic E-state index is 12.2. The zero-order valence-electron chi connectivity index (χ0n) is 12.7. The highest BCUT2D eigenvalue weighted by Crippen LogP contribution is 2.21. The van der Waals surface area contributed by atoms with Crippen molar-refractivity contribution in [3.8, 4) is 0 Å². The number of carbonyl (C=O) groups is 1. The molecule has 1 aliphatic heterocycles. The average molecular weight is 295 g/mol. The first kappa shape index (κ1) is 14.8. The Labute approximate surface area is 130 Å². The highest BCUT2D eigenvalue weighted by atomic mass is 16.2. The predicted octanol–water partition coefficient (Wildman–Crippen LogP) is 2.22. The van der Waals surface area contributed by atoms with E-state index in [0.717, 1.165) is 12.0 Å². The topological polar surface area (TPSA) is 53.2 Å². The first-order chi connectivity index (χ1) is 10.7. The monoisotopic (exact) mass is 295 g/mol. The quantitative estimate of drug-likeness (QED) is 0.810. The molecular formula is C18H21N3O. The minimum Gasteiger partial charge on any atom is -0.351 e. The van der Waals surface area contributed by atoms with Gasteiger partial charge in [-0.3, -0.25) is 4.79 Å². The molecule has 3 N–H and O–H groups in total. The lowest BCUT2D eigenvalue weighted by molar-refractivity contribution is -0.123. The van der Waals surface area contributed by atoms with Gasteiger partial charge in [0.25, 0.3) is 0 Å². The number of hydrazine groups is 1. The maximum Gasteiger partial charge on any atom is 0.238 e. The summed E-state index contributed by atoms with van der Waals surface area (Å²) >= 11 is 0. The summed E-state index contributed by atoms with van der Waals surface area (Å²) < 4.78 is 0. The van der Waals surface area contributed by atoms with Crippen molar-refractivity contribution in [2.45, 2.75) is 32.0 Å². The highest BCUT2D eigenvalue weighted by Gasteiger charge is 2.29. The molecule has 3 rings (SSSR count). The van der Waals surface area contributed by atoms with Gasteiger partial charge in [-0.2, -0.15) is 0 Å². The molecule has 1 heterocycles. The number of rotatable bonds is 4. The SMILES string of the molecule is Cc1ccc(CNC(=O)C2CC(c3ccccc3)NN2)cc1. The van der Waals surface area contributed by atoms with Crippen molar-refractivity contribution in [1.29, 1.82) is 0 Å². The van der Waals surface area contributed by atoms with E-state index in [-0.39, 0.29) is 18.0 Å². The Morgan fingerprint density at radius 2 is 1.82 bits per heavy atom. The molecule has 22 heavy (non-hydrogen) atoms. The molecule has 2 aromatic carbocycles. The van der Waals surface area contributed by atoms with Crippen molar-refractivity contribution in [3.63, 3.8) is 0 Å².